The molecular weight excluding hydrogens is 305 g/mol. The van der Waals surface area contributed by atoms with Crippen molar-refractivity contribution < 1.29 is 28.3 Å². The predicted octanol–water partition coefficient (Wildman–Crippen LogP) is 2.03. The Balaban J connectivity index is 3.21. The normalized spacial score (nSPS) is 13.1. The third-order valence-electron chi connectivity index (χ3n) is 2.33. The molecule has 1 aromatic rings. The van der Waals surface area contributed by atoms with Crippen molar-refractivity contribution in [3.63, 3.8) is 0 Å². The SMILES string of the molecule is O=[N+]([O-])c1cc(Cl)c(C(F)(F)F)cc1NCC(O)CO. The van der Waals surface area contributed by atoms with Crippen molar-refractivity contribution in [1.29, 1.82) is 0 Å². The zero-order valence-electron chi connectivity index (χ0n) is 9.82. The quantitative estimate of drug-likeness (QED) is 0.571. The largest absolute Gasteiger partial charge is 0.417 e. The molecule has 0 radical (unpaired) electrons. The number of nitrogens with one attached hydrogen (secondary N) is 1. The van der Waals surface area contributed by atoms with Gasteiger partial charge in [0.05, 0.1) is 28.2 Å². The minimum atomic E-state index is -4.77. The summed E-state index contributed by atoms with van der Waals surface area (Å²) in [5, 5.41) is 29.9. The molecule has 0 aliphatic rings. The summed E-state index contributed by atoms with van der Waals surface area (Å²) in [4.78, 5) is 9.86. The number of hydrogen-bond donors (Lipinski definition) is 3. The highest BCUT2D eigenvalue weighted by molar-refractivity contribution is 6.31. The van der Waals surface area contributed by atoms with E-state index < -0.39 is 45.8 Å². The van der Waals surface area contributed by atoms with Gasteiger partial charge in [0.25, 0.3) is 5.69 Å². The number of nitro groups is 1. The summed E-state index contributed by atoms with van der Waals surface area (Å²) in [6.07, 6.45) is -6.03. The molecule has 1 unspecified atom stereocenters. The third-order valence-corrected chi connectivity index (χ3v) is 2.64. The van der Waals surface area contributed by atoms with Gasteiger partial charge in [-0.25, -0.2) is 0 Å². The van der Waals surface area contributed by atoms with Crippen molar-refractivity contribution in [2.75, 3.05) is 18.5 Å². The number of nitro benzene ring substituents is 1. The smallest absolute Gasteiger partial charge is 0.394 e. The van der Waals surface area contributed by atoms with Gasteiger partial charge in [-0.05, 0) is 6.07 Å². The van der Waals surface area contributed by atoms with Crippen LogP contribution in [0.5, 0.6) is 0 Å². The summed E-state index contributed by atoms with van der Waals surface area (Å²) in [7, 11) is 0. The van der Waals surface area contributed by atoms with Crippen LogP contribution in [0.4, 0.5) is 24.5 Å². The predicted molar refractivity (Wildman–Crippen MR) is 64.7 cm³/mol. The summed E-state index contributed by atoms with van der Waals surface area (Å²) in [6, 6.07) is 1.07. The van der Waals surface area contributed by atoms with Gasteiger partial charge in [0.2, 0.25) is 0 Å². The van der Waals surface area contributed by atoms with Crippen molar-refractivity contribution >= 4 is 23.0 Å². The molecule has 0 saturated heterocycles. The second-order valence-electron chi connectivity index (χ2n) is 3.82. The van der Waals surface area contributed by atoms with Crippen molar-refractivity contribution in [2.45, 2.75) is 12.3 Å². The molecule has 6 nitrogen and oxygen atoms in total. The van der Waals surface area contributed by atoms with Crippen LogP contribution in [0.1, 0.15) is 5.56 Å². The number of aliphatic hydroxyl groups excluding tert-OH is 2. The first-order valence-corrected chi connectivity index (χ1v) is 5.62. The van der Waals surface area contributed by atoms with E-state index in [1.54, 1.807) is 0 Å². The highest BCUT2D eigenvalue weighted by Gasteiger charge is 2.35. The maximum atomic E-state index is 12.7. The van der Waals surface area contributed by atoms with E-state index >= 15 is 0 Å². The monoisotopic (exact) mass is 314 g/mol. The van der Waals surface area contributed by atoms with Gasteiger partial charge in [-0.2, -0.15) is 13.2 Å². The van der Waals surface area contributed by atoms with Crippen molar-refractivity contribution in [3.05, 3.63) is 32.8 Å². The van der Waals surface area contributed by atoms with E-state index in [1.807, 2.05) is 0 Å². The average Bonchev–Trinajstić information content (AvgIpc) is 2.34. The van der Waals surface area contributed by atoms with E-state index in [0.29, 0.717) is 12.1 Å². The fourth-order valence-corrected chi connectivity index (χ4v) is 1.63. The lowest BCUT2D eigenvalue weighted by molar-refractivity contribution is -0.384. The van der Waals surface area contributed by atoms with Gasteiger partial charge in [-0.1, -0.05) is 11.6 Å². The second-order valence-corrected chi connectivity index (χ2v) is 4.23. The maximum Gasteiger partial charge on any atom is 0.417 e. The van der Waals surface area contributed by atoms with Crippen molar-refractivity contribution in [3.8, 4) is 0 Å². The van der Waals surface area contributed by atoms with Crippen LogP contribution < -0.4 is 5.32 Å². The zero-order valence-corrected chi connectivity index (χ0v) is 10.6. The van der Waals surface area contributed by atoms with Gasteiger partial charge in [0, 0.05) is 12.6 Å². The Hall–Kier alpha value is -1.58. The first-order chi connectivity index (χ1) is 9.16. The zero-order chi connectivity index (χ0) is 15.5. The van der Waals surface area contributed by atoms with Gasteiger partial charge in [0.1, 0.15) is 5.69 Å². The maximum absolute atomic E-state index is 12.7. The van der Waals surface area contributed by atoms with Crippen LogP contribution in [0.2, 0.25) is 5.02 Å². The molecule has 0 heterocycles. The van der Waals surface area contributed by atoms with E-state index in [9.17, 15) is 23.3 Å². The lowest BCUT2D eigenvalue weighted by atomic mass is 10.1. The lowest BCUT2D eigenvalue weighted by Gasteiger charge is -2.14. The highest BCUT2D eigenvalue weighted by atomic mass is 35.5. The third kappa shape index (κ3) is 3.95. The molecule has 0 bridgehead atoms. The van der Waals surface area contributed by atoms with Gasteiger partial charge in [-0.3, -0.25) is 10.1 Å². The molecule has 10 heteroatoms. The molecule has 1 aromatic carbocycles. The number of aliphatic hydroxyl groups is 2. The number of anilines is 1. The first-order valence-electron chi connectivity index (χ1n) is 5.24. The average molecular weight is 315 g/mol. The van der Waals surface area contributed by atoms with Crippen LogP contribution in [-0.2, 0) is 6.18 Å². The Kier molecular flexibility index (Phi) is 5.15. The Bertz CT molecular complexity index is 510. The molecule has 20 heavy (non-hydrogen) atoms. The number of halogens is 4. The minimum Gasteiger partial charge on any atom is -0.394 e. The van der Waals surface area contributed by atoms with E-state index in [4.69, 9.17) is 21.8 Å². The number of hydrogen-bond acceptors (Lipinski definition) is 5. The fourth-order valence-electron chi connectivity index (χ4n) is 1.36. The van der Waals surface area contributed by atoms with E-state index in [0.717, 1.165) is 0 Å². The molecule has 0 fully saturated rings. The molecule has 1 atom stereocenters. The highest BCUT2D eigenvalue weighted by Crippen LogP contribution is 2.40. The molecule has 0 spiro atoms. The molecule has 0 aliphatic heterocycles. The fraction of sp³-hybridized carbons (Fsp3) is 0.400. The topological polar surface area (TPSA) is 95.6 Å². The van der Waals surface area contributed by atoms with Gasteiger partial charge < -0.3 is 15.5 Å². The van der Waals surface area contributed by atoms with Crippen LogP contribution in [-0.4, -0.2) is 34.4 Å². The Morgan fingerprint density at radius 3 is 2.50 bits per heavy atom. The molecular formula is C10H10ClF3N2O4. The van der Waals surface area contributed by atoms with Gasteiger partial charge in [-0.15, -0.1) is 0 Å². The van der Waals surface area contributed by atoms with E-state index in [1.165, 1.54) is 0 Å². The summed E-state index contributed by atoms with van der Waals surface area (Å²) in [6.45, 7) is -0.989. The second kappa shape index (κ2) is 6.25. The molecule has 3 N–H and O–H groups in total. The lowest BCUT2D eigenvalue weighted by Crippen LogP contribution is -2.23. The number of benzene rings is 1. The standard InChI is InChI=1S/C10H10ClF3N2O4/c11-7-2-9(16(19)20)8(15-3-5(18)4-17)1-6(7)10(12,13)14/h1-2,5,15,17-18H,3-4H2. The Morgan fingerprint density at radius 2 is 2.05 bits per heavy atom. The van der Waals surface area contributed by atoms with Gasteiger partial charge in [0.15, 0.2) is 0 Å². The van der Waals surface area contributed by atoms with Crippen LogP contribution >= 0.6 is 11.6 Å². The molecule has 0 aromatic heterocycles. The number of nitrogens with zero attached hydrogens (tertiary/aromatic N) is 1. The van der Waals surface area contributed by atoms with Crippen molar-refractivity contribution in [1.82, 2.24) is 0 Å². The van der Waals surface area contributed by atoms with Crippen LogP contribution in [0, 0.1) is 10.1 Å². The Labute approximate surface area is 115 Å². The molecule has 112 valence electrons. The van der Waals surface area contributed by atoms with Crippen molar-refractivity contribution in [2.24, 2.45) is 0 Å². The summed E-state index contributed by atoms with van der Waals surface area (Å²) in [5.41, 5.74) is -2.34. The van der Waals surface area contributed by atoms with Gasteiger partial charge >= 0.3 is 6.18 Å². The molecule has 1 rings (SSSR count). The number of alkyl halides is 3. The van der Waals surface area contributed by atoms with Crippen LogP contribution in [0.3, 0.4) is 0 Å². The van der Waals surface area contributed by atoms with E-state index in [2.05, 4.69) is 5.32 Å². The van der Waals surface area contributed by atoms with Crippen LogP contribution in [0.25, 0.3) is 0 Å². The molecule has 0 saturated carbocycles. The summed E-state index contributed by atoms with van der Waals surface area (Å²) >= 11 is 5.38. The molecule has 0 aliphatic carbocycles. The summed E-state index contributed by atoms with van der Waals surface area (Å²) < 4.78 is 38.0. The number of rotatable bonds is 5. The molecule has 0 amide bonds. The first kappa shape index (κ1) is 16.5. The van der Waals surface area contributed by atoms with Crippen LogP contribution in [0.15, 0.2) is 12.1 Å². The minimum absolute atomic E-state index is 0.351. The van der Waals surface area contributed by atoms with E-state index in [-0.39, 0.29) is 6.54 Å². The Morgan fingerprint density at radius 1 is 1.45 bits per heavy atom. The summed E-state index contributed by atoms with van der Waals surface area (Å²) in [5.74, 6) is 0.